The minimum atomic E-state index is -0.860. The van der Waals surface area contributed by atoms with Crippen LogP contribution in [0.25, 0.3) is 0 Å². The molecule has 2 aromatic rings. The Morgan fingerprint density at radius 1 is 1.30 bits per heavy atom. The van der Waals surface area contributed by atoms with E-state index in [9.17, 15) is 9.90 Å². The lowest BCUT2D eigenvalue weighted by Gasteiger charge is -2.07. The molecule has 0 spiro atoms. The molecule has 104 valence electrons. The van der Waals surface area contributed by atoms with Gasteiger partial charge in [-0.05, 0) is 31.2 Å². The Morgan fingerprint density at radius 2 is 2.05 bits per heavy atom. The van der Waals surface area contributed by atoms with Crippen LogP contribution < -0.4 is 0 Å². The summed E-state index contributed by atoms with van der Waals surface area (Å²) in [6, 6.07) is 10.3. The third kappa shape index (κ3) is 2.74. The standard InChI is InChI=1S/C16H18N2O2/c19-16(20)14-11-17-18(15(14)13-8-9-13)10-4-7-12-5-2-1-3-6-12/h1-3,5-6,11,13H,4,7-10H2,(H,19,20). The first-order valence-electron chi connectivity index (χ1n) is 7.08. The third-order valence-corrected chi connectivity index (χ3v) is 3.75. The van der Waals surface area contributed by atoms with Crippen LogP contribution in [-0.4, -0.2) is 20.9 Å². The molecule has 1 aromatic carbocycles. The zero-order chi connectivity index (χ0) is 13.9. The maximum Gasteiger partial charge on any atom is 0.339 e. The number of hydrogen-bond acceptors (Lipinski definition) is 2. The number of rotatable bonds is 6. The second kappa shape index (κ2) is 5.49. The molecule has 0 radical (unpaired) electrons. The van der Waals surface area contributed by atoms with E-state index in [1.807, 2.05) is 22.9 Å². The lowest BCUT2D eigenvalue weighted by Crippen LogP contribution is -2.08. The fourth-order valence-electron chi connectivity index (χ4n) is 2.60. The van der Waals surface area contributed by atoms with E-state index < -0.39 is 5.97 Å². The van der Waals surface area contributed by atoms with Crippen LogP contribution in [0.1, 0.15) is 46.8 Å². The normalized spacial score (nSPS) is 14.4. The van der Waals surface area contributed by atoms with Crippen molar-refractivity contribution in [1.29, 1.82) is 0 Å². The van der Waals surface area contributed by atoms with Gasteiger partial charge < -0.3 is 5.11 Å². The molecular formula is C16H18N2O2. The Balaban J connectivity index is 1.67. The van der Waals surface area contributed by atoms with E-state index in [1.54, 1.807) is 0 Å². The van der Waals surface area contributed by atoms with Gasteiger partial charge in [-0.15, -0.1) is 0 Å². The average Bonchev–Trinajstić information content (AvgIpc) is 3.20. The lowest BCUT2D eigenvalue weighted by molar-refractivity contribution is 0.0695. The molecule has 4 heteroatoms. The van der Waals surface area contributed by atoms with Gasteiger partial charge >= 0.3 is 5.97 Å². The zero-order valence-electron chi connectivity index (χ0n) is 11.3. The largest absolute Gasteiger partial charge is 0.478 e. The van der Waals surface area contributed by atoms with Gasteiger partial charge in [-0.2, -0.15) is 5.10 Å². The highest BCUT2D eigenvalue weighted by Crippen LogP contribution is 2.41. The van der Waals surface area contributed by atoms with E-state index in [2.05, 4.69) is 17.2 Å². The molecule has 0 bridgehead atoms. The van der Waals surface area contributed by atoms with Gasteiger partial charge in [-0.25, -0.2) is 4.79 Å². The minimum Gasteiger partial charge on any atom is -0.478 e. The first-order chi connectivity index (χ1) is 9.75. The summed E-state index contributed by atoms with van der Waals surface area (Å²) in [5, 5.41) is 13.5. The maximum absolute atomic E-state index is 11.2. The van der Waals surface area contributed by atoms with E-state index in [1.165, 1.54) is 11.8 Å². The summed E-state index contributed by atoms with van der Waals surface area (Å²) in [4.78, 5) is 11.2. The van der Waals surface area contributed by atoms with E-state index >= 15 is 0 Å². The molecule has 1 N–H and O–H groups in total. The summed E-state index contributed by atoms with van der Waals surface area (Å²) in [5.74, 6) is -0.457. The van der Waals surface area contributed by atoms with Crippen LogP contribution in [0.5, 0.6) is 0 Å². The molecule has 4 nitrogen and oxygen atoms in total. The summed E-state index contributed by atoms with van der Waals surface area (Å²) >= 11 is 0. The topological polar surface area (TPSA) is 55.1 Å². The number of aryl methyl sites for hydroxylation is 2. The van der Waals surface area contributed by atoms with Crippen LogP contribution in [0.15, 0.2) is 36.5 Å². The summed E-state index contributed by atoms with van der Waals surface area (Å²) in [6.07, 6.45) is 5.64. The second-order valence-corrected chi connectivity index (χ2v) is 5.34. The molecule has 0 amide bonds. The number of carboxylic acids is 1. The SMILES string of the molecule is O=C(O)c1cnn(CCCc2ccccc2)c1C1CC1. The van der Waals surface area contributed by atoms with Crippen molar-refractivity contribution in [1.82, 2.24) is 9.78 Å². The molecule has 1 aromatic heterocycles. The number of hydrogen-bond donors (Lipinski definition) is 1. The molecule has 1 aliphatic carbocycles. The smallest absolute Gasteiger partial charge is 0.339 e. The number of carbonyl (C=O) groups is 1. The van der Waals surface area contributed by atoms with E-state index in [0.717, 1.165) is 37.9 Å². The average molecular weight is 270 g/mol. The first-order valence-corrected chi connectivity index (χ1v) is 7.08. The number of nitrogens with zero attached hydrogens (tertiary/aromatic N) is 2. The Kier molecular flexibility index (Phi) is 3.54. The minimum absolute atomic E-state index is 0.382. The van der Waals surface area contributed by atoms with Crippen molar-refractivity contribution in [2.45, 2.75) is 38.1 Å². The molecule has 1 fully saturated rings. The van der Waals surface area contributed by atoms with E-state index in [-0.39, 0.29) is 0 Å². The molecule has 1 saturated carbocycles. The van der Waals surface area contributed by atoms with Gasteiger partial charge in [0, 0.05) is 12.5 Å². The van der Waals surface area contributed by atoms with Crippen LogP contribution in [0.4, 0.5) is 0 Å². The van der Waals surface area contributed by atoms with E-state index in [4.69, 9.17) is 0 Å². The van der Waals surface area contributed by atoms with Gasteiger partial charge in [0.05, 0.1) is 11.9 Å². The predicted octanol–water partition coefficient (Wildman–Crippen LogP) is 3.09. The number of aromatic nitrogens is 2. The predicted molar refractivity (Wildman–Crippen MR) is 75.9 cm³/mol. The van der Waals surface area contributed by atoms with Gasteiger partial charge in [0.15, 0.2) is 0 Å². The molecule has 1 heterocycles. The molecule has 0 aliphatic heterocycles. The fraction of sp³-hybridized carbons (Fsp3) is 0.375. The highest BCUT2D eigenvalue weighted by atomic mass is 16.4. The second-order valence-electron chi connectivity index (χ2n) is 5.34. The third-order valence-electron chi connectivity index (χ3n) is 3.75. The lowest BCUT2D eigenvalue weighted by atomic mass is 10.1. The first kappa shape index (κ1) is 12.9. The van der Waals surface area contributed by atoms with Crippen molar-refractivity contribution in [3.63, 3.8) is 0 Å². The van der Waals surface area contributed by atoms with Crippen LogP contribution in [0.3, 0.4) is 0 Å². The van der Waals surface area contributed by atoms with Crippen LogP contribution in [0, 0.1) is 0 Å². The van der Waals surface area contributed by atoms with Gasteiger partial charge in [-0.3, -0.25) is 4.68 Å². The van der Waals surface area contributed by atoms with Crippen molar-refractivity contribution in [2.75, 3.05) is 0 Å². The van der Waals surface area contributed by atoms with Crippen LogP contribution in [-0.2, 0) is 13.0 Å². The summed E-state index contributed by atoms with van der Waals surface area (Å²) in [6.45, 7) is 0.786. The van der Waals surface area contributed by atoms with Gasteiger partial charge in [0.2, 0.25) is 0 Å². The maximum atomic E-state index is 11.2. The highest BCUT2D eigenvalue weighted by Gasteiger charge is 2.32. The van der Waals surface area contributed by atoms with E-state index in [0.29, 0.717) is 11.5 Å². The molecule has 0 unspecified atom stereocenters. The molecule has 20 heavy (non-hydrogen) atoms. The van der Waals surface area contributed by atoms with Crippen molar-refractivity contribution >= 4 is 5.97 Å². The quantitative estimate of drug-likeness (QED) is 0.877. The monoisotopic (exact) mass is 270 g/mol. The number of carboxylic acid groups (broad SMARTS) is 1. The van der Waals surface area contributed by atoms with Crippen molar-refractivity contribution < 1.29 is 9.90 Å². The molecular weight excluding hydrogens is 252 g/mol. The number of aromatic carboxylic acids is 1. The van der Waals surface area contributed by atoms with Gasteiger partial charge in [0.1, 0.15) is 5.56 Å². The van der Waals surface area contributed by atoms with Crippen molar-refractivity contribution in [2.24, 2.45) is 0 Å². The zero-order valence-corrected chi connectivity index (χ0v) is 11.3. The highest BCUT2D eigenvalue weighted by molar-refractivity contribution is 5.89. The Morgan fingerprint density at radius 3 is 2.70 bits per heavy atom. The van der Waals surface area contributed by atoms with Crippen LogP contribution >= 0.6 is 0 Å². The molecule has 0 atom stereocenters. The summed E-state index contributed by atoms with van der Waals surface area (Å²) in [5.41, 5.74) is 2.61. The Bertz CT molecular complexity index is 600. The van der Waals surface area contributed by atoms with Gasteiger partial charge in [0.25, 0.3) is 0 Å². The van der Waals surface area contributed by atoms with Crippen molar-refractivity contribution in [3.05, 3.63) is 53.3 Å². The molecule has 1 aliphatic rings. The molecule has 3 rings (SSSR count). The summed E-state index contributed by atoms with van der Waals surface area (Å²) < 4.78 is 1.89. The summed E-state index contributed by atoms with van der Waals surface area (Å²) in [7, 11) is 0. The Hall–Kier alpha value is -2.10. The fourth-order valence-corrected chi connectivity index (χ4v) is 2.60. The molecule has 0 saturated heterocycles. The van der Waals surface area contributed by atoms with Crippen LogP contribution in [0.2, 0.25) is 0 Å². The Labute approximate surface area is 118 Å². The number of benzene rings is 1. The van der Waals surface area contributed by atoms with Crippen molar-refractivity contribution in [3.8, 4) is 0 Å². The van der Waals surface area contributed by atoms with Gasteiger partial charge in [-0.1, -0.05) is 30.3 Å².